The second kappa shape index (κ2) is 3.41. The van der Waals surface area contributed by atoms with Crippen molar-refractivity contribution in [3.63, 3.8) is 0 Å². The zero-order valence-corrected chi connectivity index (χ0v) is 7.28. The molecular formula is C7H12ClNO2. The molecule has 0 spiro atoms. The molecule has 1 saturated carbocycles. The van der Waals surface area contributed by atoms with Crippen molar-refractivity contribution in [1.82, 2.24) is 4.84 Å². The van der Waals surface area contributed by atoms with Crippen LogP contribution >= 0.6 is 11.8 Å². The van der Waals surface area contributed by atoms with E-state index < -0.39 is 0 Å². The molecule has 1 rings (SSSR count). The Bertz CT molecular complexity index is 157. The number of carbonyl (C=O) groups is 1. The molecule has 0 heterocycles. The Morgan fingerprint density at radius 3 is 2.82 bits per heavy atom. The molecule has 0 saturated heterocycles. The fourth-order valence-electron chi connectivity index (χ4n) is 0.748. The van der Waals surface area contributed by atoms with E-state index in [1.807, 2.05) is 6.92 Å². The second-order valence-electron chi connectivity index (χ2n) is 3.08. The van der Waals surface area contributed by atoms with E-state index >= 15 is 0 Å². The standard InChI is InChI=1S/C7H12ClNO2/c1-7(2-3-7)6(10)11-5-4-9-8/h9H,2-5H2,1H3. The van der Waals surface area contributed by atoms with Gasteiger partial charge in [-0.1, -0.05) is 0 Å². The van der Waals surface area contributed by atoms with E-state index in [9.17, 15) is 4.79 Å². The van der Waals surface area contributed by atoms with Gasteiger partial charge < -0.3 is 4.74 Å². The largest absolute Gasteiger partial charge is 0.464 e. The molecule has 0 radical (unpaired) electrons. The van der Waals surface area contributed by atoms with E-state index in [-0.39, 0.29) is 11.4 Å². The molecule has 0 amide bonds. The number of rotatable bonds is 4. The van der Waals surface area contributed by atoms with E-state index in [4.69, 9.17) is 16.5 Å². The van der Waals surface area contributed by atoms with Crippen LogP contribution in [-0.2, 0) is 9.53 Å². The van der Waals surface area contributed by atoms with Crippen LogP contribution in [-0.4, -0.2) is 19.1 Å². The molecule has 0 bridgehead atoms. The molecule has 0 aromatic rings. The van der Waals surface area contributed by atoms with Crippen molar-refractivity contribution in [2.24, 2.45) is 5.41 Å². The van der Waals surface area contributed by atoms with Crippen molar-refractivity contribution < 1.29 is 9.53 Å². The maximum absolute atomic E-state index is 11.1. The van der Waals surface area contributed by atoms with E-state index in [2.05, 4.69) is 4.84 Å². The lowest BCUT2D eigenvalue weighted by atomic mass is 10.1. The molecule has 1 fully saturated rings. The molecule has 11 heavy (non-hydrogen) atoms. The number of carbonyl (C=O) groups excluding carboxylic acids is 1. The zero-order chi connectivity index (χ0) is 8.32. The van der Waals surface area contributed by atoms with Crippen molar-refractivity contribution in [2.75, 3.05) is 13.2 Å². The van der Waals surface area contributed by atoms with Crippen LogP contribution in [0.2, 0.25) is 0 Å². The van der Waals surface area contributed by atoms with E-state index in [0.717, 1.165) is 12.8 Å². The zero-order valence-electron chi connectivity index (χ0n) is 6.52. The predicted molar refractivity (Wildman–Crippen MR) is 42.2 cm³/mol. The van der Waals surface area contributed by atoms with Crippen LogP contribution in [0.25, 0.3) is 0 Å². The van der Waals surface area contributed by atoms with Gasteiger partial charge in [0.2, 0.25) is 0 Å². The Morgan fingerprint density at radius 1 is 1.73 bits per heavy atom. The van der Waals surface area contributed by atoms with Crippen molar-refractivity contribution in [1.29, 1.82) is 0 Å². The van der Waals surface area contributed by atoms with Gasteiger partial charge in [0.15, 0.2) is 0 Å². The smallest absolute Gasteiger partial charge is 0.311 e. The summed E-state index contributed by atoms with van der Waals surface area (Å²) in [5, 5.41) is 0. The molecule has 64 valence electrons. The lowest BCUT2D eigenvalue weighted by Crippen LogP contribution is -2.20. The maximum Gasteiger partial charge on any atom is 0.311 e. The van der Waals surface area contributed by atoms with Crippen molar-refractivity contribution in [2.45, 2.75) is 19.8 Å². The van der Waals surface area contributed by atoms with Gasteiger partial charge in [-0.05, 0) is 31.5 Å². The summed E-state index contributed by atoms with van der Waals surface area (Å²) in [6.45, 7) is 2.78. The summed E-state index contributed by atoms with van der Waals surface area (Å²) in [5.41, 5.74) is -0.174. The first-order chi connectivity index (χ1) is 5.19. The summed E-state index contributed by atoms with van der Waals surface area (Å²) >= 11 is 5.17. The number of hydrogen-bond donors (Lipinski definition) is 1. The van der Waals surface area contributed by atoms with Crippen LogP contribution < -0.4 is 4.84 Å². The molecule has 0 aromatic heterocycles. The minimum Gasteiger partial charge on any atom is -0.464 e. The number of ether oxygens (including phenoxy) is 1. The third kappa shape index (κ3) is 2.34. The molecule has 3 nitrogen and oxygen atoms in total. The average Bonchev–Trinajstić information content (AvgIpc) is 2.70. The number of hydrogen-bond acceptors (Lipinski definition) is 3. The minimum atomic E-state index is -0.174. The maximum atomic E-state index is 11.1. The highest BCUT2D eigenvalue weighted by molar-refractivity contribution is 6.13. The van der Waals surface area contributed by atoms with Crippen molar-refractivity contribution in [3.8, 4) is 0 Å². The van der Waals surface area contributed by atoms with Crippen LogP contribution in [0.5, 0.6) is 0 Å². The third-order valence-corrected chi connectivity index (χ3v) is 2.11. The van der Waals surface area contributed by atoms with E-state index in [1.165, 1.54) is 0 Å². The lowest BCUT2D eigenvalue weighted by Gasteiger charge is -2.07. The van der Waals surface area contributed by atoms with Gasteiger partial charge in [-0.3, -0.25) is 4.79 Å². The molecular weight excluding hydrogens is 166 g/mol. The van der Waals surface area contributed by atoms with Crippen LogP contribution in [0, 0.1) is 5.41 Å². The highest BCUT2D eigenvalue weighted by atomic mass is 35.5. The lowest BCUT2D eigenvalue weighted by molar-refractivity contribution is -0.149. The second-order valence-corrected chi connectivity index (χ2v) is 3.35. The molecule has 4 heteroatoms. The highest BCUT2D eigenvalue weighted by Gasteiger charge is 2.46. The highest BCUT2D eigenvalue weighted by Crippen LogP contribution is 2.45. The Morgan fingerprint density at radius 2 is 2.36 bits per heavy atom. The summed E-state index contributed by atoms with van der Waals surface area (Å²) < 4.78 is 4.92. The number of halogens is 1. The van der Waals surface area contributed by atoms with Gasteiger partial charge in [0.25, 0.3) is 0 Å². The SMILES string of the molecule is CC1(C(=O)OCCNCl)CC1. The van der Waals surface area contributed by atoms with Gasteiger partial charge in [0.05, 0.1) is 5.41 Å². The normalized spacial score (nSPS) is 19.5. The third-order valence-electron chi connectivity index (χ3n) is 1.92. The van der Waals surface area contributed by atoms with Crippen molar-refractivity contribution in [3.05, 3.63) is 0 Å². The van der Waals surface area contributed by atoms with Gasteiger partial charge in [0.1, 0.15) is 6.61 Å². The fourth-order valence-corrected chi connectivity index (χ4v) is 0.825. The molecule has 0 unspecified atom stereocenters. The molecule has 0 atom stereocenters. The monoisotopic (exact) mass is 177 g/mol. The first-order valence-corrected chi connectivity index (χ1v) is 4.07. The molecule has 1 aliphatic carbocycles. The summed E-state index contributed by atoms with van der Waals surface area (Å²) in [6, 6.07) is 0. The predicted octanol–water partition coefficient (Wildman–Crippen LogP) is 1.07. The average molecular weight is 178 g/mol. The summed E-state index contributed by atoms with van der Waals surface area (Å²) in [4.78, 5) is 13.5. The first kappa shape index (κ1) is 8.81. The van der Waals surface area contributed by atoms with Gasteiger partial charge in [0, 0.05) is 6.54 Å². The molecule has 0 aliphatic heterocycles. The number of esters is 1. The first-order valence-electron chi connectivity index (χ1n) is 3.70. The van der Waals surface area contributed by atoms with Gasteiger partial charge in [-0.2, -0.15) is 0 Å². The van der Waals surface area contributed by atoms with Crippen LogP contribution in [0.1, 0.15) is 19.8 Å². The molecule has 0 aromatic carbocycles. The summed E-state index contributed by atoms with van der Waals surface area (Å²) in [6.07, 6.45) is 1.92. The van der Waals surface area contributed by atoms with Crippen LogP contribution in [0.4, 0.5) is 0 Å². The topological polar surface area (TPSA) is 38.3 Å². The van der Waals surface area contributed by atoms with Gasteiger partial charge in [-0.15, -0.1) is 0 Å². The van der Waals surface area contributed by atoms with E-state index in [1.54, 1.807) is 0 Å². The van der Waals surface area contributed by atoms with Crippen LogP contribution in [0.3, 0.4) is 0 Å². The fraction of sp³-hybridized carbons (Fsp3) is 0.857. The Kier molecular flexibility index (Phi) is 2.73. The minimum absolute atomic E-state index is 0.0931. The number of nitrogens with one attached hydrogen (secondary N) is 1. The Hall–Kier alpha value is -0.280. The quantitative estimate of drug-likeness (QED) is 0.397. The summed E-state index contributed by atoms with van der Waals surface area (Å²) in [7, 11) is 0. The summed E-state index contributed by atoms with van der Waals surface area (Å²) in [5.74, 6) is -0.0931. The Balaban J connectivity index is 2.12. The van der Waals surface area contributed by atoms with Gasteiger partial charge in [-0.25, -0.2) is 4.84 Å². The van der Waals surface area contributed by atoms with Crippen LogP contribution in [0.15, 0.2) is 0 Å². The van der Waals surface area contributed by atoms with Crippen molar-refractivity contribution >= 4 is 17.7 Å². The Labute approximate surface area is 71.2 Å². The van der Waals surface area contributed by atoms with E-state index in [0.29, 0.717) is 13.2 Å². The van der Waals surface area contributed by atoms with Gasteiger partial charge >= 0.3 is 5.97 Å². The molecule has 1 N–H and O–H groups in total. The molecule has 1 aliphatic rings.